The summed E-state index contributed by atoms with van der Waals surface area (Å²) in [5.41, 5.74) is 8.98. The molecule has 1 aliphatic rings. The minimum Gasteiger partial charge on any atom is -0.328 e. The van der Waals surface area contributed by atoms with Crippen LogP contribution < -0.4 is 11.3 Å². The molecule has 20 heavy (non-hydrogen) atoms. The van der Waals surface area contributed by atoms with Crippen LogP contribution in [0.1, 0.15) is 36.4 Å². The molecule has 0 bridgehead atoms. The molecule has 0 aliphatic heterocycles. The molecule has 2 N–H and O–H groups in total. The molecule has 108 valence electrons. The normalized spacial score (nSPS) is 21.9. The van der Waals surface area contributed by atoms with Crippen molar-refractivity contribution in [2.75, 3.05) is 0 Å². The Labute approximate surface area is 124 Å². The second-order valence-electron chi connectivity index (χ2n) is 5.66. The van der Waals surface area contributed by atoms with Gasteiger partial charge in [0.1, 0.15) is 0 Å². The number of fused-ring (bicyclic) bond motifs is 1. The van der Waals surface area contributed by atoms with Gasteiger partial charge in [-0.3, -0.25) is 9.36 Å². The number of aryl methyl sites for hydroxylation is 2. The Bertz CT molecular complexity index is 695. The third-order valence-electron chi connectivity index (χ3n) is 4.06. The predicted octanol–water partition coefficient (Wildman–Crippen LogP) is 2.49. The van der Waals surface area contributed by atoms with Gasteiger partial charge in [-0.2, -0.15) is 0 Å². The third-order valence-corrected chi connectivity index (χ3v) is 4.06. The fourth-order valence-corrected chi connectivity index (χ4v) is 3.11. The molecule has 1 heterocycles. The fraction of sp³-hybridized carbons (Fsp3) is 0.467. The largest absolute Gasteiger partial charge is 0.328 e. The summed E-state index contributed by atoms with van der Waals surface area (Å²) in [4.78, 5) is 17.1. The molecule has 0 radical (unpaired) electrons. The Balaban J connectivity index is 0.00000147. The van der Waals surface area contributed by atoms with Gasteiger partial charge < -0.3 is 5.73 Å². The first-order chi connectivity index (χ1) is 9.06. The summed E-state index contributed by atoms with van der Waals surface area (Å²) in [6.07, 6.45) is 4.52. The SMILES string of the molecule is Cc1cc(C)c2ncn([C@@H]3CC[C@@H](N)C3)c(=O)c2c1.Cl. The van der Waals surface area contributed by atoms with Gasteiger partial charge >= 0.3 is 0 Å². The van der Waals surface area contributed by atoms with Crippen molar-refractivity contribution in [3.05, 3.63) is 39.9 Å². The van der Waals surface area contributed by atoms with Crippen molar-refractivity contribution < 1.29 is 0 Å². The van der Waals surface area contributed by atoms with Gasteiger partial charge in [0.05, 0.1) is 17.2 Å². The Hall–Kier alpha value is -1.39. The number of nitrogens with two attached hydrogens (primary N) is 1. The van der Waals surface area contributed by atoms with Gasteiger partial charge in [-0.1, -0.05) is 6.07 Å². The molecule has 1 aromatic carbocycles. The fourth-order valence-electron chi connectivity index (χ4n) is 3.11. The quantitative estimate of drug-likeness (QED) is 0.879. The highest BCUT2D eigenvalue weighted by Gasteiger charge is 2.24. The Morgan fingerprint density at radius 3 is 2.70 bits per heavy atom. The summed E-state index contributed by atoms with van der Waals surface area (Å²) in [6.45, 7) is 4.01. The lowest BCUT2D eigenvalue weighted by Crippen LogP contribution is -2.25. The lowest BCUT2D eigenvalue weighted by Gasteiger charge is -2.14. The number of aromatic nitrogens is 2. The first-order valence-electron chi connectivity index (χ1n) is 6.80. The monoisotopic (exact) mass is 293 g/mol. The zero-order chi connectivity index (χ0) is 13.6. The van der Waals surface area contributed by atoms with E-state index in [1.54, 1.807) is 10.9 Å². The first kappa shape index (κ1) is 15.0. The van der Waals surface area contributed by atoms with Crippen molar-refractivity contribution in [3.63, 3.8) is 0 Å². The van der Waals surface area contributed by atoms with Crippen molar-refractivity contribution in [1.29, 1.82) is 0 Å². The second kappa shape index (κ2) is 5.54. The van der Waals surface area contributed by atoms with Crippen LogP contribution in [0.4, 0.5) is 0 Å². The van der Waals surface area contributed by atoms with Crippen molar-refractivity contribution in [2.45, 2.75) is 45.2 Å². The van der Waals surface area contributed by atoms with E-state index in [1.165, 1.54) is 0 Å². The summed E-state index contributed by atoms with van der Waals surface area (Å²) < 4.78 is 1.77. The molecule has 1 aliphatic carbocycles. The zero-order valence-electron chi connectivity index (χ0n) is 11.8. The van der Waals surface area contributed by atoms with Crippen molar-refractivity contribution in [1.82, 2.24) is 9.55 Å². The molecule has 1 saturated carbocycles. The number of hydrogen-bond acceptors (Lipinski definition) is 3. The smallest absolute Gasteiger partial charge is 0.261 e. The molecular formula is C15H20ClN3O. The van der Waals surface area contributed by atoms with E-state index < -0.39 is 0 Å². The molecule has 5 heteroatoms. The standard InChI is InChI=1S/C15H19N3O.ClH/c1-9-5-10(2)14-13(6-9)15(19)18(8-17-14)12-4-3-11(16)7-12;/h5-6,8,11-12H,3-4,7,16H2,1-2H3;1H/t11-,12-;/m1./s1. The highest BCUT2D eigenvalue weighted by Crippen LogP contribution is 2.28. The lowest BCUT2D eigenvalue weighted by molar-refractivity contribution is 0.491. The summed E-state index contributed by atoms with van der Waals surface area (Å²) in [6, 6.07) is 4.42. The molecule has 0 amide bonds. The maximum atomic E-state index is 12.6. The molecule has 2 aromatic rings. The first-order valence-corrected chi connectivity index (χ1v) is 6.80. The van der Waals surface area contributed by atoms with Gasteiger partial charge in [0.2, 0.25) is 0 Å². The molecule has 3 rings (SSSR count). The van der Waals surface area contributed by atoms with Crippen molar-refractivity contribution in [3.8, 4) is 0 Å². The molecule has 1 aromatic heterocycles. The van der Waals surface area contributed by atoms with E-state index in [0.29, 0.717) is 0 Å². The molecule has 2 atom stereocenters. The van der Waals surface area contributed by atoms with Gasteiger partial charge in [0, 0.05) is 12.1 Å². The summed E-state index contributed by atoms with van der Waals surface area (Å²) in [5, 5.41) is 0.723. The van der Waals surface area contributed by atoms with E-state index in [-0.39, 0.29) is 30.0 Å². The van der Waals surface area contributed by atoms with E-state index in [9.17, 15) is 4.79 Å². The van der Waals surface area contributed by atoms with Crippen molar-refractivity contribution in [2.24, 2.45) is 5.73 Å². The Morgan fingerprint density at radius 2 is 2.05 bits per heavy atom. The van der Waals surface area contributed by atoms with Crippen LogP contribution in [-0.4, -0.2) is 15.6 Å². The second-order valence-corrected chi connectivity index (χ2v) is 5.66. The number of nitrogens with zero attached hydrogens (tertiary/aromatic N) is 2. The number of halogens is 1. The van der Waals surface area contributed by atoms with Crippen LogP contribution in [0.3, 0.4) is 0 Å². The lowest BCUT2D eigenvalue weighted by atomic mass is 10.1. The average Bonchev–Trinajstić information content (AvgIpc) is 2.77. The van der Waals surface area contributed by atoms with Crippen LogP contribution in [0.25, 0.3) is 10.9 Å². The van der Waals surface area contributed by atoms with Crippen LogP contribution >= 0.6 is 12.4 Å². The van der Waals surface area contributed by atoms with Crippen LogP contribution in [0.5, 0.6) is 0 Å². The van der Waals surface area contributed by atoms with Crippen LogP contribution in [0.2, 0.25) is 0 Å². The number of hydrogen-bond donors (Lipinski definition) is 1. The van der Waals surface area contributed by atoms with Crippen molar-refractivity contribution >= 4 is 23.3 Å². The zero-order valence-corrected chi connectivity index (χ0v) is 12.6. The highest BCUT2D eigenvalue weighted by atomic mass is 35.5. The summed E-state index contributed by atoms with van der Waals surface area (Å²) in [5.74, 6) is 0. The maximum absolute atomic E-state index is 12.6. The van der Waals surface area contributed by atoms with Crippen LogP contribution in [0.15, 0.2) is 23.3 Å². The minimum absolute atomic E-state index is 0. The topological polar surface area (TPSA) is 60.9 Å². The molecule has 1 fully saturated rings. The minimum atomic E-state index is 0. The molecule has 0 unspecified atom stereocenters. The van der Waals surface area contributed by atoms with Gasteiger partial charge in [-0.25, -0.2) is 4.98 Å². The Kier molecular flexibility index (Phi) is 4.16. The number of rotatable bonds is 1. The summed E-state index contributed by atoms with van der Waals surface area (Å²) >= 11 is 0. The van der Waals surface area contributed by atoms with E-state index in [0.717, 1.165) is 41.3 Å². The van der Waals surface area contributed by atoms with Gasteiger partial charge in [-0.15, -0.1) is 12.4 Å². The van der Waals surface area contributed by atoms with E-state index in [1.807, 2.05) is 19.9 Å². The van der Waals surface area contributed by atoms with E-state index in [2.05, 4.69) is 11.1 Å². The highest BCUT2D eigenvalue weighted by molar-refractivity contribution is 5.85. The third kappa shape index (κ3) is 2.45. The maximum Gasteiger partial charge on any atom is 0.261 e. The van der Waals surface area contributed by atoms with Gasteiger partial charge in [-0.05, 0) is 50.3 Å². The molecular weight excluding hydrogens is 274 g/mol. The molecule has 4 nitrogen and oxygen atoms in total. The van der Waals surface area contributed by atoms with E-state index in [4.69, 9.17) is 5.73 Å². The number of benzene rings is 1. The summed E-state index contributed by atoms with van der Waals surface area (Å²) in [7, 11) is 0. The van der Waals surface area contributed by atoms with Gasteiger partial charge in [0.15, 0.2) is 0 Å². The molecule has 0 saturated heterocycles. The van der Waals surface area contributed by atoms with Gasteiger partial charge in [0.25, 0.3) is 5.56 Å². The predicted molar refractivity (Wildman–Crippen MR) is 83.6 cm³/mol. The van der Waals surface area contributed by atoms with E-state index >= 15 is 0 Å². The van der Waals surface area contributed by atoms with Crippen LogP contribution in [0, 0.1) is 13.8 Å². The average molecular weight is 294 g/mol. The molecule has 0 spiro atoms. The van der Waals surface area contributed by atoms with Crippen LogP contribution in [-0.2, 0) is 0 Å². The Morgan fingerprint density at radius 1 is 1.30 bits per heavy atom.